The van der Waals surface area contributed by atoms with Gasteiger partial charge in [0.25, 0.3) is 0 Å². The molecule has 6 aromatic carbocycles. The van der Waals surface area contributed by atoms with Gasteiger partial charge >= 0.3 is 0 Å². The molecule has 3 aliphatic carbocycles. The normalized spacial score (nSPS) is 17.9. The van der Waals surface area contributed by atoms with Crippen LogP contribution in [0.5, 0.6) is 0 Å². The topological polar surface area (TPSA) is 19.1 Å². The first-order valence-corrected chi connectivity index (χ1v) is 27.0. The lowest BCUT2D eigenvalue weighted by Crippen LogP contribution is -2.45. The Kier molecular flexibility index (Phi) is 10.1. The van der Waals surface area contributed by atoms with Crippen LogP contribution in [0.2, 0.25) is 12.6 Å². The number of aryl methyl sites for hydroxylation is 3. The Hall–Kier alpha value is -5.42. The molecular weight excluding hydrogens is 793 g/mol. The first kappa shape index (κ1) is 41.3. The molecule has 64 heavy (non-hydrogen) atoms. The lowest BCUT2D eigenvalue weighted by Gasteiger charge is -2.42. The van der Waals surface area contributed by atoms with Crippen LogP contribution in [0.3, 0.4) is 0 Å². The maximum atomic E-state index is 6.16. The zero-order chi connectivity index (χ0) is 44.1. The summed E-state index contributed by atoms with van der Waals surface area (Å²) in [6, 6.07) is 43.6. The average molecular weight is 857 g/mol. The van der Waals surface area contributed by atoms with Crippen LogP contribution in [0.4, 0.5) is 0 Å². The highest BCUT2D eigenvalue weighted by molar-refractivity contribution is 6.83. The maximum Gasteiger partial charge on any atom is 0.0751 e. The molecular formula is C60H64N2OSi. The second-order valence-electron chi connectivity index (χ2n) is 20.9. The van der Waals surface area contributed by atoms with E-state index in [9.17, 15) is 0 Å². The molecule has 3 atom stereocenters. The molecule has 2 aromatic heterocycles. The number of para-hydroxylation sites is 2. The van der Waals surface area contributed by atoms with Gasteiger partial charge < -0.3 is 13.9 Å². The Morgan fingerprint density at radius 3 is 1.88 bits per heavy atom. The minimum Gasteiger partial charge on any atom is -0.376 e. The fourth-order valence-corrected chi connectivity index (χ4v) is 19.2. The third-order valence-electron chi connectivity index (χ3n) is 15.8. The number of nitrogens with zero attached hydrogens (tertiary/aromatic N) is 2. The van der Waals surface area contributed by atoms with Gasteiger partial charge in [0.1, 0.15) is 0 Å². The quantitative estimate of drug-likeness (QED) is 0.0937. The number of allylic oxidation sites excluding steroid dienone is 2. The summed E-state index contributed by atoms with van der Waals surface area (Å²) in [5.74, 6) is 0. The molecule has 0 saturated heterocycles. The fraction of sp³-hybridized carbons (Fsp3) is 0.333. The van der Waals surface area contributed by atoms with Crippen LogP contribution in [0, 0.1) is 0 Å². The first-order valence-electron chi connectivity index (χ1n) is 24.2. The number of hydrogen-bond donors (Lipinski definition) is 0. The van der Waals surface area contributed by atoms with E-state index >= 15 is 0 Å². The van der Waals surface area contributed by atoms with Gasteiger partial charge in [0.2, 0.25) is 0 Å². The number of ether oxygens (including phenoxy) is 1. The van der Waals surface area contributed by atoms with Crippen molar-refractivity contribution in [2.24, 2.45) is 14.1 Å². The predicted octanol–water partition coefficient (Wildman–Crippen LogP) is 16.0. The lowest BCUT2D eigenvalue weighted by molar-refractivity contribution is -0.00471. The highest BCUT2D eigenvalue weighted by atomic mass is 28.3. The molecule has 324 valence electrons. The molecule has 0 saturated carbocycles. The third kappa shape index (κ3) is 6.61. The van der Waals surface area contributed by atoms with Gasteiger partial charge in [0.15, 0.2) is 0 Å². The summed E-state index contributed by atoms with van der Waals surface area (Å²) in [5, 5.41) is 5.37. The van der Waals surface area contributed by atoms with Gasteiger partial charge in [-0.2, -0.15) is 0 Å². The van der Waals surface area contributed by atoms with E-state index in [-0.39, 0.29) is 5.60 Å². The van der Waals surface area contributed by atoms with E-state index in [1.165, 1.54) is 122 Å². The molecule has 11 rings (SSSR count). The predicted molar refractivity (Wildman–Crippen MR) is 277 cm³/mol. The van der Waals surface area contributed by atoms with Crippen molar-refractivity contribution in [3.63, 3.8) is 0 Å². The molecule has 0 amide bonds. The van der Waals surface area contributed by atoms with Crippen molar-refractivity contribution in [2.45, 2.75) is 109 Å². The standard InChI is InChI=1S/C60H64N2OSi/c1-38-33-48-43(41-27-29-55-49(35-41)45-20-11-13-25-53(45)61(55)6)22-18-24-47(48)58(38)64(8,32-16-10-9-15-31-63-60(3,4)5)59-39(2)34-51-52(59)36-40-19-17-23-44(40)57(51)42-28-30-56-50(37-42)46-21-12-14-26-54(46)62(56)7/h11-14,18,20-22,24-30,33-37,58-59H,9-10,15-17,19,23,31-32H2,1-8H3. The third-order valence-corrected chi connectivity index (χ3v) is 21.4. The second kappa shape index (κ2) is 15.6. The molecule has 2 heterocycles. The van der Waals surface area contributed by atoms with Crippen LogP contribution in [-0.4, -0.2) is 29.4 Å². The van der Waals surface area contributed by atoms with E-state index in [1.807, 2.05) is 0 Å². The van der Waals surface area contributed by atoms with Crippen LogP contribution in [-0.2, 0) is 31.7 Å². The van der Waals surface area contributed by atoms with Crippen LogP contribution in [0.15, 0.2) is 120 Å². The van der Waals surface area contributed by atoms with Crippen molar-refractivity contribution >= 4 is 63.8 Å². The summed E-state index contributed by atoms with van der Waals surface area (Å²) >= 11 is 0. The van der Waals surface area contributed by atoms with E-state index in [4.69, 9.17) is 4.74 Å². The van der Waals surface area contributed by atoms with Crippen molar-refractivity contribution in [3.8, 4) is 22.3 Å². The number of fused-ring (bicyclic) bond motifs is 9. The van der Waals surface area contributed by atoms with Crippen molar-refractivity contribution in [3.05, 3.63) is 154 Å². The van der Waals surface area contributed by atoms with Gasteiger partial charge in [-0.05, 0) is 152 Å². The molecule has 0 spiro atoms. The Morgan fingerprint density at radius 1 is 0.594 bits per heavy atom. The summed E-state index contributed by atoms with van der Waals surface area (Å²) in [6.45, 7) is 15.1. The first-order chi connectivity index (χ1) is 30.9. The van der Waals surface area contributed by atoms with E-state index in [2.05, 4.69) is 186 Å². The van der Waals surface area contributed by atoms with Gasteiger partial charge in [0, 0.05) is 75.4 Å². The van der Waals surface area contributed by atoms with Gasteiger partial charge in [-0.25, -0.2) is 0 Å². The van der Waals surface area contributed by atoms with E-state index < -0.39 is 8.07 Å². The van der Waals surface area contributed by atoms with Crippen LogP contribution >= 0.6 is 0 Å². The van der Waals surface area contributed by atoms with Crippen molar-refractivity contribution < 1.29 is 4.74 Å². The minimum atomic E-state index is -2.22. The van der Waals surface area contributed by atoms with Gasteiger partial charge in [-0.15, -0.1) is 0 Å². The van der Waals surface area contributed by atoms with Gasteiger partial charge in [-0.3, -0.25) is 0 Å². The summed E-state index contributed by atoms with van der Waals surface area (Å²) in [4.78, 5) is 0. The lowest BCUT2D eigenvalue weighted by atomic mass is 9.89. The molecule has 0 N–H and O–H groups in total. The molecule has 4 heteroatoms. The average Bonchev–Trinajstić information content (AvgIpc) is 4.10. The smallest absolute Gasteiger partial charge is 0.0751 e. The summed E-state index contributed by atoms with van der Waals surface area (Å²) < 4.78 is 10.9. The Bertz CT molecular complexity index is 3240. The molecule has 0 radical (unpaired) electrons. The number of rotatable bonds is 11. The number of hydrogen-bond acceptors (Lipinski definition) is 1. The van der Waals surface area contributed by atoms with E-state index in [0.717, 1.165) is 13.0 Å². The number of benzene rings is 6. The van der Waals surface area contributed by atoms with Gasteiger partial charge in [-0.1, -0.05) is 128 Å². The molecule has 8 aromatic rings. The van der Waals surface area contributed by atoms with Crippen molar-refractivity contribution in [1.82, 2.24) is 9.13 Å². The van der Waals surface area contributed by atoms with Gasteiger partial charge in [0.05, 0.1) is 13.7 Å². The van der Waals surface area contributed by atoms with Crippen LogP contribution in [0.1, 0.15) is 111 Å². The Balaban J connectivity index is 1.02. The highest BCUT2D eigenvalue weighted by Gasteiger charge is 2.50. The zero-order valence-electron chi connectivity index (χ0n) is 39.4. The Morgan fingerprint density at radius 2 is 1.19 bits per heavy atom. The minimum absolute atomic E-state index is 0.0793. The van der Waals surface area contributed by atoms with E-state index in [0.29, 0.717) is 11.1 Å². The monoisotopic (exact) mass is 856 g/mol. The zero-order valence-corrected chi connectivity index (χ0v) is 40.4. The summed E-state index contributed by atoms with van der Waals surface area (Å²) in [5.41, 5.74) is 24.1. The van der Waals surface area contributed by atoms with Crippen LogP contribution < -0.4 is 0 Å². The molecule has 0 bridgehead atoms. The summed E-state index contributed by atoms with van der Waals surface area (Å²) in [6.07, 6.45) is 13.7. The molecule has 3 unspecified atom stereocenters. The number of aromatic nitrogens is 2. The number of unbranched alkanes of at least 4 members (excludes halogenated alkanes) is 3. The second-order valence-corrected chi connectivity index (χ2v) is 25.6. The molecule has 0 aliphatic heterocycles. The van der Waals surface area contributed by atoms with Crippen LogP contribution in [0.25, 0.3) is 78.0 Å². The fourth-order valence-electron chi connectivity index (χ4n) is 13.1. The van der Waals surface area contributed by atoms with Crippen molar-refractivity contribution in [2.75, 3.05) is 6.61 Å². The van der Waals surface area contributed by atoms with E-state index in [1.54, 1.807) is 33.4 Å². The molecule has 0 fully saturated rings. The SMILES string of the molecule is CC1=Cc2c(-c3ccc4c(c3)c3ccccc3n4C)cccc2C1[Si](C)(CCCCCCOC(C)(C)C)C1C(C)=Cc2c1cc1c(c2-c2ccc3c(c2)c2ccccc2n3C)CCC1. The molecule has 3 nitrogen and oxygen atoms in total. The maximum absolute atomic E-state index is 6.16. The highest BCUT2D eigenvalue weighted by Crippen LogP contribution is 2.57. The largest absolute Gasteiger partial charge is 0.376 e. The van der Waals surface area contributed by atoms with Crippen molar-refractivity contribution in [1.29, 1.82) is 0 Å². The molecule has 3 aliphatic rings. The summed E-state index contributed by atoms with van der Waals surface area (Å²) in [7, 11) is 2.20. The Labute approximate surface area is 381 Å².